The first-order valence-electron chi connectivity index (χ1n) is 4.38. The molecule has 1 heterocycles. The molecular weight excluding hydrogens is 156 g/mol. The second-order valence-electron chi connectivity index (χ2n) is 3.92. The summed E-state index contributed by atoms with van der Waals surface area (Å²) in [7, 11) is 0. The van der Waals surface area contributed by atoms with E-state index in [1.54, 1.807) is 0 Å². The molecule has 0 saturated carbocycles. The fourth-order valence-electron chi connectivity index (χ4n) is 1.69. The lowest BCUT2D eigenvalue weighted by Gasteiger charge is -2.25. The number of aliphatic hydroxyl groups is 1. The maximum absolute atomic E-state index is 10.8. The van der Waals surface area contributed by atoms with Gasteiger partial charge < -0.3 is 9.84 Å². The van der Waals surface area contributed by atoms with E-state index in [-0.39, 0.29) is 24.1 Å². The minimum Gasteiger partial charge on any atom is -0.459 e. The average Bonchev–Trinajstić information content (AvgIpc) is 2.30. The molecule has 0 aromatic heterocycles. The molecule has 1 aliphatic heterocycles. The molecule has 0 spiro atoms. The zero-order chi connectivity index (χ0) is 9.19. The predicted octanol–water partition coefficient (Wildman–Crippen LogP) is 1.10. The smallest absolute Gasteiger partial charge is 0.306 e. The van der Waals surface area contributed by atoms with Gasteiger partial charge in [0.15, 0.2) is 0 Å². The summed E-state index contributed by atoms with van der Waals surface area (Å²) in [6.45, 7) is 4.05. The fraction of sp³-hybridized carbons (Fsp3) is 0.889. The SMILES string of the molecule is CC(CO)CC1(C)CCC(=O)O1. The van der Waals surface area contributed by atoms with E-state index in [1.807, 2.05) is 13.8 Å². The van der Waals surface area contributed by atoms with E-state index in [1.165, 1.54) is 0 Å². The lowest BCUT2D eigenvalue weighted by Crippen LogP contribution is -2.27. The largest absolute Gasteiger partial charge is 0.459 e. The van der Waals surface area contributed by atoms with Crippen molar-refractivity contribution >= 4 is 5.97 Å². The monoisotopic (exact) mass is 172 g/mol. The van der Waals surface area contributed by atoms with Crippen LogP contribution in [0.3, 0.4) is 0 Å². The fourth-order valence-corrected chi connectivity index (χ4v) is 1.69. The van der Waals surface area contributed by atoms with Gasteiger partial charge in [-0.05, 0) is 25.7 Å². The molecule has 3 heteroatoms. The maximum Gasteiger partial charge on any atom is 0.306 e. The Labute approximate surface area is 72.7 Å². The number of ether oxygens (including phenoxy) is 1. The Kier molecular flexibility index (Phi) is 2.73. The Balaban J connectivity index is 2.44. The van der Waals surface area contributed by atoms with Crippen molar-refractivity contribution in [2.75, 3.05) is 6.61 Å². The molecule has 1 saturated heterocycles. The molecule has 0 bridgehead atoms. The predicted molar refractivity (Wildman–Crippen MR) is 44.6 cm³/mol. The van der Waals surface area contributed by atoms with Gasteiger partial charge in [-0.1, -0.05) is 6.92 Å². The van der Waals surface area contributed by atoms with Crippen LogP contribution >= 0.6 is 0 Å². The summed E-state index contributed by atoms with van der Waals surface area (Å²) in [6, 6.07) is 0. The maximum atomic E-state index is 10.8. The van der Waals surface area contributed by atoms with Gasteiger partial charge in [0, 0.05) is 13.0 Å². The van der Waals surface area contributed by atoms with Crippen molar-refractivity contribution in [1.82, 2.24) is 0 Å². The Bertz CT molecular complexity index is 179. The molecular formula is C9H16O3. The first kappa shape index (κ1) is 9.52. The molecule has 0 radical (unpaired) electrons. The highest BCUT2D eigenvalue weighted by Crippen LogP contribution is 2.31. The van der Waals surface area contributed by atoms with E-state index in [2.05, 4.69) is 0 Å². The number of rotatable bonds is 3. The number of cyclic esters (lactones) is 1. The van der Waals surface area contributed by atoms with Gasteiger partial charge in [0.2, 0.25) is 0 Å². The quantitative estimate of drug-likeness (QED) is 0.648. The molecule has 0 aromatic rings. The van der Waals surface area contributed by atoms with E-state index >= 15 is 0 Å². The molecule has 1 fully saturated rings. The van der Waals surface area contributed by atoms with Crippen LogP contribution in [0.4, 0.5) is 0 Å². The van der Waals surface area contributed by atoms with Gasteiger partial charge in [-0.3, -0.25) is 4.79 Å². The molecule has 1 N–H and O–H groups in total. The third-order valence-corrected chi connectivity index (χ3v) is 2.31. The van der Waals surface area contributed by atoms with Crippen LogP contribution in [0.25, 0.3) is 0 Å². The number of esters is 1. The Morgan fingerprint density at radius 3 is 2.83 bits per heavy atom. The minimum absolute atomic E-state index is 0.109. The van der Waals surface area contributed by atoms with E-state index < -0.39 is 0 Å². The summed E-state index contributed by atoms with van der Waals surface area (Å²) >= 11 is 0. The lowest BCUT2D eigenvalue weighted by molar-refractivity contribution is -0.148. The molecule has 3 nitrogen and oxygen atoms in total. The average molecular weight is 172 g/mol. The van der Waals surface area contributed by atoms with Crippen molar-refractivity contribution in [3.63, 3.8) is 0 Å². The van der Waals surface area contributed by atoms with Gasteiger partial charge in [0.1, 0.15) is 5.60 Å². The van der Waals surface area contributed by atoms with Crippen LogP contribution in [0, 0.1) is 5.92 Å². The summed E-state index contributed by atoms with van der Waals surface area (Å²) in [5, 5.41) is 8.83. The first-order chi connectivity index (χ1) is 5.56. The summed E-state index contributed by atoms with van der Waals surface area (Å²) in [6.07, 6.45) is 2.07. The molecule has 2 unspecified atom stereocenters. The third kappa shape index (κ3) is 2.21. The van der Waals surface area contributed by atoms with Gasteiger partial charge in [-0.2, -0.15) is 0 Å². The molecule has 0 aliphatic carbocycles. The van der Waals surface area contributed by atoms with E-state index in [0.717, 1.165) is 12.8 Å². The van der Waals surface area contributed by atoms with Crippen molar-refractivity contribution in [2.45, 2.75) is 38.7 Å². The van der Waals surface area contributed by atoms with Gasteiger partial charge in [-0.25, -0.2) is 0 Å². The highest BCUT2D eigenvalue weighted by Gasteiger charge is 2.36. The second-order valence-corrected chi connectivity index (χ2v) is 3.92. The van der Waals surface area contributed by atoms with Gasteiger partial charge in [-0.15, -0.1) is 0 Å². The zero-order valence-corrected chi connectivity index (χ0v) is 7.67. The van der Waals surface area contributed by atoms with Crippen LogP contribution in [0.2, 0.25) is 0 Å². The Hall–Kier alpha value is -0.570. The van der Waals surface area contributed by atoms with E-state index in [0.29, 0.717) is 6.42 Å². The highest BCUT2D eigenvalue weighted by molar-refractivity contribution is 5.72. The van der Waals surface area contributed by atoms with Crippen molar-refractivity contribution < 1.29 is 14.6 Å². The van der Waals surface area contributed by atoms with Crippen LogP contribution in [0.1, 0.15) is 33.1 Å². The van der Waals surface area contributed by atoms with E-state index in [9.17, 15) is 4.79 Å². The van der Waals surface area contributed by atoms with Crippen LogP contribution in [-0.4, -0.2) is 23.3 Å². The number of hydrogen-bond donors (Lipinski definition) is 1. The molecule has 1 rings (SSSR count). The highest BCUT2D eigenvalue weighted by atomic mass is 16.6. The number of carbonyl (C=O) groups is 1. The second kappa shape index (κ2) is 3.44. The zero-order valence-electron chi connectivity index (χ0n) is 7.67. The van der Waals surface area contributed by atoms with Crippen molar-refractivity contribution in [2.24, 2.45) is 5.92 Å². The summed E-state index contributed by atoms with van der Waals surface area (Å²) in [5.74, 6) is 0.100. The standard InChI is InChI=1S/C9H16O3/c1-7(6-10)5-9(2)4-3-8(11)12-9/h7,10H,3-6H2,1-2H3. The summed E-state index contributed by atoms with van der Waals surface area (Å²) in [4.78, 5) is 10.8. The van der Waals surface area contributed by atoms with Crippen molar-refractivity contribution in [3.05, 3.63) is 0 Å². The number of aliphatic hydroxyl groups excluding tert-OH is 1. The van der Waals surface area contributed by atoms with Crippen molar-refractivity contribution in [3.8, 4) is 0 Å². The van der Waals surface area contributed by atoms with Crippen LogP contribution in [0.5, 0.6) is 0 Å². The van der Waals surface area contributed by atoms with Crippen molar-refractivity contribution in [1.29, 1.82) is 0 Å². The van der Waals surface area contributed by atoms with Gasteiger partial charge in [0.25, 0.3) is 0 Å². The van der Waals surface area contributed by atoms with Gasteiger partial charge >= 0.3 is 5.97 Å². The lowest BCUT2D eigenvalue weighted by atomic mass is 9.91. The van der Waals surface area contributed by atoms with E-state index in [4.69, 9.17) is 9.84 Å². The molecule has 0 amide bonds. The number of hydrogen-bond acceptors (Lipinski definition) is 3. The van der Waals surface area contributed by atoms with Crippen LogP contribution in [-0.2, 0) is 9.53 Å². The normalized spacial score (nSPS) is 31.8. The molecule has 1 aliphatic rings. The summed E-state index contributed by atoms with van der Waals surface area (Å²) < 4.78 is 5.17. The minimum atomic E-state index is -0.320. The molecule has 2 atom stereocenters. The Morgan fingerprint density at radius 2 is 2.42 bits per heavy atom. The Morgan fingerprint density at radius 1 is 1.75 bits per heavy atom. The molecule has 12 heavy (non-hydrogen) atoms. The van der Waals surface area contributed by atoms with Crippen LogP contribution in [0.15, 0.2) is 0 Å². The van der Waals surface area contributed by atoms with Gasteiger partial charge in [0.05, 0.1) is 0 Å². The molecule has 0 aromatic carbocycles. The topological polar surface area (TPSA) is 46.5 Å². The first-order valence-corrected chi connectivity index (χ1v) is 4.38. The third-order valence-electron chi connectivity index (χ3n) is 2.31. The summed E-state index contributed by atoms with van der Waals surface area (Å²) in [5.41, 5.74) is -0.320. The number of carbonyl (C=O) groups excluding carboxylic acids is 1. The van der Waals surface area contributed by atoms with Crippen LogP contribution < -0.4 is 0 Å². The molecule has 70 valence electrons.